The molecule has 27 heavy (non-hydrogen) atoms. The molecule has 0 saturated heterocycles. The van der Waals surface area contributed by atoms with Crippen LogP contribution >= 0.6 is 11.8 Å². The summed E-state index contributed by atoms with van der Waals surface area (Å²) in [6.45, 7) is 4.01. The van der Waals surface area contributed by atoms with Crippen LogP contribution in [0.25, 0.3) is 11.6 Å². The number of furan rings is 1. The molecule has 0 unspecified atom stereocenters. The summed E-state index contributed by atoms with van der Waals surface area (Å²) >= 11 is 1.39. The number of aromatic nitrogens is 3. The molecule has 0 saturated carbocycles. The predicted octanol–water partition coefficient (Wildman–Crippen LogP) is 4.21. The lowest BCUT2D eigenvalue weighted by Crippen LogP contribution is -2.34. The van der Waals surface area contributed by atoms with Crippen molar-refractivity contribution in [2.45, 2.75) is 43.1 Å². The van der Waals surface area contributed by atoms with Crippen molar-refractivity contribution >= 4 is 17.7 Å². The zero-order chi connectivity index (χ0) is 19.2. The summed E-state index contributed by atoms with van der Waals surface area (Å²) in [7, 11) is 1.87. The van der Waals surface area contributed by atoms with Crippen LogP contribution in [-0.4, -0.2) is 25.9 Å². The first kappa shape index (κ1) is 19.2. The van der Waals surface area contributed by atoms with Gasteiger partial charge < -0.3 is 14.3 Å². The molecule has 0 fully saturated rings. The van der Waals surface area contributed by atoms with Gasteiger partial charge in [-0.1, -0.05) is 55.4 Å². The van der Waals surface area contributed by atoms with Crippen molar-refractivity contribution < 1.29 is 9.21 Å². The van der Waals surface area contributed by atoms with Gasteiger partial charge in [-0.05, 0) is 31.0 Å². The smallest absolute Gasteiger partial charge is 0.233 e. The number of carbonyl (C=O) groups excluding carboxylic acids is 1. The van der Waals surface area contributed by atoms with Gasteiger partial charge in [-0.15, -0.1) is 10.2 Å². The monoisotopic (exact) mass is 384 g/mol. The Balaban J connectivity index is 1.67. The summed E-state index contributed by atoms with van der Waals surface area (Å²) in [5, 5.41) is 11.9. The summed E-state index contributed by atoms with van der Waals surface area (Å²) in [5.74, 6) is 1.29. The van der Waals surface area contributed by atoms with E-state index in [0.717, 1.165) is 18.4 Å². The molecule has 0 aliphatic carbocycles. The van der Waals surface area contributed by atoms with E-state index in [1.807, 2.05) is 48.9 Å². The van der Waals surface area contributed by atoms with E-state index in [1.54, 1.807) is 6.26 Å². The Bertz CT molecular complexity index is 862. The number of carbonyl (C=O) groups is 1. The number of hydrogen-bond donors (Lipinski definition) is 1. The molecule has 0 spiro atoms. The Morgan fingerprint density at radius 1 is 1.22 bits per heavy atom. The maximum absolute atomic E-state index is 12.7. The zero-order valence-corrected chi connectivity index (χ0v) is 16.6. The average molecular weight is 385 g/mol. The molecule has 2 aromatic heterocycles. The summed E-state index contributed by atoms with van der Waals surface area (Å²) in [5.41, 5.74) is 1.13. The van der Waals surface area contributed by atoms with Crippen molar-refractivity contribution in [3.05, 3.63) is 54.3 Å². The fourth-order valence-electron chi connectivity index (χ4n) is 2.83. The van der Waals surface area contributed by atoms with Gasteiger partial charge in [0.05, 0.1) is 17.6 Å². The molecule has 6 nitrogen and oxygen atoms in total. The lowest BCUT2D eigenvalue weighted by molar-refractivity contribution is -0.121. The predicted molar refractivity (Wildman–Crippen MR) is 106 cm³/mol. The summed E-state index contributed by atoms with van der Waals surface area (Å²) in [6, 6.07) is 13.7. The topological polar surface area (TPSA) is 73.0 Å². The van der Waals surface area contributed by atoms with Crippen molar-refractivity contribution in [3.63, 3.8) is 0 Å². The van der Waals surface area contributed by atoms with E-state index in [-0.39, 0.29) is 17.2 Å². The lowest BCUT2D eigenvalue weighted by Gasteiger charge is -2.21. The molecule has 1 aromatic carbocycles. The van der Waals surface area contributed by atoms with Crippen LogP contribution in [-0.2, 0) is 11.8 Å². The first-order valence-electron chi connectivity index (χ1n) is 9.05. The first-order chi connectivity index (χ1) is 13.1. The van der Waals surface area contributed by atoms with Crippen molar-refractivity contribution in [2.24, 2.45) is 7.05 Å². The van der Waals surface area contributed by atoms with Crippen LogP contribution in [0.1, 0.15) is 38.3 Å². The molecule has 3 aromatic rings. The highest BCUT2D eigenvalue weighted by Crippen LogP contribution is 2.27. The lowest BCUT2D eigenvalue weighted by atomic mass is 10.0. The summed E-state index contributed by atoms with van der Waals surface area (Å²) < 4.78 is 7.22. The number of benzene rings is 1. The molecule has 1 N–H and O–H groups in total. The van der Waals surface area contributed by atoms with Gasteiger partial charge in [0.2, 0.25) is 5.91 Å². The van der Waals surface area contributed by atoms with Crippen LogP contribution in [0.5, 0.6) is 0 Å². The second-order valence-corrected chi connectivity index (χ2v) is 7.67. The number of rotatable bonds is 8. The van der Waals surface area contributed by atoms with E-state index in [2.05, 4.69) is 34.6 Å². The van der Waals surface area contributed by atoms with Crippen molar-refractivity contribution in [1.82, 2.24) is 20.1 Å². The molecule has 0 aliphatic rings. The molecular weight excluding hydrogens is 360 g/mol. The van der Waals surface area contributed by atoms with E-state index < -0.39 is 0 Å². The quantitative estimate of drug-likeness (QED) is 0.589. The maximum Gasteiger partial charge on any atom is 0.233 e. The number of hydrogen-bond acceptors (Lipinski definition) is 5. The first-order valence-corrected chi connectivity index (χ1v) is 9.93. The van der Waals surface area contributed by atoms with E-state index in [0.29, 0.717) is 16.7 Å². The average Bonchev–Trinajstić information content (AvgIpc) is 3.32. The molecule has 142 valence electrons. The van der Waals surface area contributed by atoms with E-state index in [1.165, 1.54) is 11.8 Å². The van der Waals surface area contributed by atoms with E-state index in [4.69, 9.17) is 4.42 Å². The minimum atomic E-state index is -0.291. The molecule has 7 heteroatoms. The van der Waals surface area contributed by atoms with Crippen LogP contribution in [0.2, 0.25) is 0 Å². The van der Waals surface area contributed by atoms with Crippen LogP contribution < -0.4 is 5.32 Å². The fourth-order valence-corrected chi connectivity index (χ4v) is 3.66. The van der Waals surface area contributed by atoms with Gasteiger partial charge in [0.1, 0.15) is 0 Å². The van der Waals surface area contributed by atoms with Crippen LogP contribution in [0.3, 0.4) is 0 Å². The number of nitrogens with one attached hydrogen (secondary N) is 1. The standard InChI is InChI=1S/C20H24N4O2S/c1-4-9-16(15-10-6-5-7-11-15)21-19(25)14(2)27-20-23-22-18(24(20)3)17-12-8-13-26-17/h5-8,10-14,16H,4,9H2,1-3H3,(H,21,25)/t14-,16+/m0/s1. The summed E-state index contributed by atoms with van der Waals surface area (Å²) in [6.07, 6.45) is 3.50. The molecule has 0 aliphatic heterocycles. The SMILES string of the molecule is CCC[C@@H](NC(=O)[C@H](C)Sc1nnc(-c2ccco2)n1C)c1ccccc1. The second kappa shape index (κ2) is 8.90. The highest BCUT2D eigenvalue weighted by atomic mass is 32.2. The normalized spacial score (nSPS) is 13.3. The second-order valence-electron chi connectivity index (χ2n) is 6.36. The van der Waals surface area contributed by atoms with Gasteiger partial charge >= 0.3 is 0 Å². The Labute approximate surface area is 163 Å². The molecule has 2 heterocycles. The minimum Gasteiger partial charge on any atom is -0.461 e. The minimum absolute atomic E-state index is 0.00940. The van der Waals surface area contributed by atoms with Crippen molar-refractivity contribution in [2.75, 3.05) is 0 Å². The number of nitrogens with zero attached hydrogens (tertiary/aromatic N) is 3. The molecule has 2 atom stereocenters. The Hall–Kier alpha value is -2.54. The Morgan fingerprint density at radius 3 is 2.67 bits per heavy atom. The van der Waals surface area contributed by atoms with Crippen molar-refractivity contribution in [3.8, 4) is 11.6 Å². The van der Waals surface area contributed by atoms with Crippen LogP contribution in [0, 0.1) is 0 Å². The molecule has 0 radical (unpaired) electrons. The highest BCUT2D eigenvalue weighted by molar-refractivity contribution is 8.00. The highest BCUT2D eigenvalue weighted by Gasteiger charge is 2.22. The summed E-state index contributed by atoms with van der Waals surface area (Å²) in [4.78, 5) is 12.7. The van der Waals surface area contributed by atoms with Gasteiger partial charge in [-0.2, -0.15) is 0 Å². The van der Waals surface area contributed by atoms with Gasteiger partial charge in [-0.3, -0.25) is 4.79 Å². The van der Waals surface area contributed by atoms with E-state index in [9.17, 15) is 4.79 Å². The van der Waals surface area contributed by atoms with E-state index >= 15 is 0 Å². The third kappa shape index (κ3) is 4.60. The number of thioether (sulfide) groups is 1. The largest absolute Gasteiger partial charge is 0.461 e. The number of amides is 1. The molecular formula is C20H24N4O2S. The molecule has 1 amide bonds. The van der Waals surface area contributed by atoms with Crippen molar-refractivity contribution in [1.29, 1.82) is 0 Å². The van der Waals surface area contributed by atoms with Gasteiger partial charge in [0, 0.05) is 7.05 Å². The fraction of sp³-hybridized carbons (Fsp3) is 0.350. The van der Waals surface area contributed by atoms with Gasteiger partial charge in [0.15, 0.2) is 16.7 Å². The van der Waals surface area contributed by atoms with Gasteiger partial charge in [-0.25, -0.2) is 0 Å². The van der Waals surface area contributed by atoms with Gasteiger partial charge in [0.25, 0.3) is 0 Å². The van der Waals surface area contributed by atoms with Crippen LogP contribution in [0.15, 0.2) is 58.3 Å². The van der Waals surface area contributed by atoms with Crippen LogP contribution in [0.4, 0.5) is 0 Å². The Kier molecular flexibility index (Phi) is 6.34. The third-order valence-corrected chi connectivity index (χ3v) is 5.46. The molecule has 0 bridgehead atoms. The maximum atomic E-state index is 12.7. The Morgan fingerprint density at radius 2 is 2.00 bits per heavy atom. The third-order valence-electron chi connectivity index (χ3n) is 4.32. The molecule has 3 rings (SSSR count). The zero-order valence-electron chi connectivity index (χ0n) is 15.8.